The van der Waals surface area contributed by atoms with Gasteiger partial charge < -0.3 is 24.8 Å². The number of aromatic nitrogens is 1. The number of nitrogens with one attached hydrogen (secondary N) is 2. The molecule has 9 nitrogen and oxygen atoms in total. The van der Waals surface area contributed by atoms with Crippen molar-refractivity contribution in [3.05, 3.63) is 118 Å². The second-order valence-electron chi connectivity index (χ2n) is 11.1. The van der Waals surface area contributed by atoms with Crippen molar-refractivity contribution in [2.24, 2.45) is 5.92 Å². The minimum atomic E-state index is -0.365. The van der Waals surface area contributed by atoms with Gasteiger partial charge in [-0.25, -0.2) is 0 Å². The maximum Gasteiger partial charge on any atom is 0.255 e. The lowest BCUT2D eigenvalue weighted by Gasteiger charge is -2.44. The molecule has 1 saturated heterocycles. The van der Waals surface area contributed by atoms with Gasteiger partial charge in [0.15, 0.2) is 5.78 Å². The van der Waals surface area contributed by atoms with E-state index in [9.17, 15) is 19.2 Å². The molecule has 43 heavy (non-hydrogen) atoms. The standard InChI is InChI=1S/C34H32N4O5/c1-21(39)24-5-3-6-27(16-24)35-34(42)25-11-14-31(29(17-25)36-33(41)23-9-12-28(43-2)13-10-23)37-18-22-15-26(20-37)30-7-4-8-32(40)38(30)19-22/h3-14,16-17,22,26H,15,18-20H2,1-2H3,(H,35,42)(H,36,41). The van der Waals surface area contributed by atoms with Crippen molar-refractivity contribution >= 4 is 34.7 Å². The zero-order chi connectivity index (χ0) is 30.1. The van der Waals surface area contributed by atoms with E-state index in [1.807, 2.05) is 22.8 Å². The van der Waals surface area contributed by atoms with Crippen LogP contribution in [0.2, 0.25) is 0 Å². The first-order valence-electron chi connectivity index (χ1n) is 14.3. The SMILES string of the molecule is COc1ccc(C(=O)Nc2cc(C(=O)Nc3cccc(C(C)=O)c3)ccc2N2CC3CC(C2)c2cccc(=O)n2C3)cc1. The first kappa shape index (κ1) is 28.0. The van der Waals surface area contributed by atoms with Crippen LogP contribution in [0.3, 0.4) is 0 Å². The number of rotatable bonds is 7. The highest BCUT2D eigenvalue weighted by atomic mass is 16.5. The molecular weight excluding hydrogens is 544 g/mol. The van der Waals surface area contributed by atoms with Crippen LogP contribution in [0.25, 0.3) is 0 Å². The van der Waals surface area contributed by atoms with Crippen molar-refractivity contribution in [2.75, 3.05) is 35.7 Å². The van der Waals surface area contributed by atoms with Gasteiger partial charge in [-0.3, -0.25) is 19.2 Å². The molecule has 2 bridgehead atoms. The summed E-state index contributed by atoms with van der Waals surface area (Å²) in [5.41, 5.74) is 4.18. The molecule has 218 valence electrons. The fraction of sp³-hybridized carbons (Fsp3) is 0.235. The molecule has 9 heteroatoms. The molecule has 3 aromatic carbocycles. The van der Waals surface area contributed by atoms with E-state index in [0.717, 1.165) is 17.8 Å². The number of pyridine rings is 1. The van der Waals surface area contributed by atoms with Gasteiger partial charge in [0.2, 0.25) is 0 Å². The number of ketones is 1. The van der Waals surface area contributed by atoms with Gasteiger partial charge in [-0.15, -0.1) is 0 Å². The molecule has 1 fully saturated rings. The Hall–Kier alpha value is -5.18. The average Bonchev–Trinajstić information content (AvgIpc) is 3.01. The summed E-state index contributed by atoms with van der Waals surface area (Å²) in [5, 5.41) is 5.90. The predicted octanol–water partition coefficient (Wildman–Crippen LogP) is 5.19. The van der Waals surface area contributed by atoms with Crippen LogP contribution in [0.1, 0.15) is 56.0 Å². The number of benzene rings is 3. The minimum Gasteiger partial charge on any atom is -0.497 e. The van der Waals surface area contributed by atoms with E-state index in [4.69, 9.17) is 4.74 Å². The van der Waals surface area contributed by atoms with Gasteiger partial charge in [-0.1, -0.05) is 18.2 Å². The first-order chi connectivity index (χ1) is 20.8. The first-order valence-corrected chi connectivity index (χ1v) is 14.3. The Morgan fingerprint density at radius 2 is 1.53 bits per heavy atom. The number of piperidine rings is 1. The fourth-order valence-corrected chi connectivity index (χ4v) is 6.10. The fourth-order valence-electron chi connectivity index (χ4n) is 6.10. The summed E-state index contributed by atoms with van der Waals surface area (Å²) in [4.78, 5) is 53.3. The van der Waals surface area contributed by atoms with Crippen molar-refractivity contribution in [1.29, 1.82) is 0 Å². The Morgan fingerprint density at radius 1 is 0.791 bits per heavy atom. The number of anilines is 3. The van der Waals surface area contributed by atoms with E-state index in [0.29, 0.717) is 53.4 Å². The zero-order valence-corrected chi connectivity index (χ0v) is 24.0. The van der Waals surface area contributed by atoms with Crippen LogP contribution < -0.4 is 25.8 Å². The Morgan fingerprint density at radius 3 is 2.30 bits per heavy atom. The molecule has 4 aromatic rings. The third-order valence-electron chi connectivity index (χ3n) is 8.21. The molecule has 6 rings (SSSR count). The van der Waals surface area contributed by atoms with Gasteiger partial charge in [-0.05, 0) is 79.9 Å². The highest BCUT2D eigenvalue weighted by Gasteiger charge is 2.35. The Bertz CT molecular complexity index is 1780. The van der Waals surface area contributed by atoms with Gasteiger partial charge in [0, 0.05) is 59.7 Å². The van der Waals surface area contributed by atoms with E-state index in [2.05, 4.69) is 15.5 Å². The summed E-state index contributed by atoms with van der Waals surface area (Å²) in [6, 6.07) is 24.3. The smallest absolute Gasteiger partial charge is 0.255 e. The van der Waals surface area contributed by atoms with Crippen LogP contribution in [0.15, 0.2) is 89.7 Å². The highest BCUT2D eigenvalue weighted by Crippen LogP contribution is 2.39. The summed E-state index contributed by atoms with van der Waals surface area (Å²) in [7, 11) is 1.57. The minimum absolute atomic E-state index is 0.0253. The second kappa shape index (κ2) is 11.6. The summed E-state index contributed by atoms with van der Waals surface area (Å²) in [5.74, 6) is 0.309. The lowest BCUT2D eigenvalue weighted by Crippen LogP contribution is -2.47. The zero-order valence-electron chi connectivity index (χ0n) is 24.0. The van der Waals surface area contributed by atoms with Crippen molar-refractivity contribution in [1.82, 2.24) is 4.57 Å². The molecule has 0 aliphatic carbocycles. The van der Waals surface area contributed by atoms with E-state index >= 15 is 0 Å². The Balaban J connectivity index is 1.32. The molecule has 0 radical (unpaired) electrons. The lowest BCUT2D eigenvalue weighted by atomic mass is 9.83. The lowest BCUT2D eigenvalue weighted by molar-refractivity contribution is 0.101. The number of fused-ring (bicyclic) bond motifs is 4. The van der Waals surface area contributed by atoms with Crippen LogP contribution in [-0.2, 0) is 6.54 Å². The maximum atomic E-state index is 13.4. The number of carbonyl (C=O) groups is 3. The van der Waals surface area contributed by atoms with Crippen molar-refractivity contribution in [2.45, 2.75) is 25.8 Å². The number of methoxy groups -OCH3 is 1. The van der Waals surface area contributed by atoms with Gasteiger partial charge in [0.25, 0.3) is 17.4 Å². The highest BCUT2D eigenvalue weighted by molar-refractivity contribution is 6.09. The average molecular weight is 577 g/mol. The predicted molar refractivity (Wildman–Crippen MR) is 166 cm³/mol. The molecular formula is C34H32N4O5. The number of hydrogen-bond acceptors (Lipinski definition) is 6. The second-order valence-corrected chi connectivity index (χ2v) is 11.1. The van der Waals surface area contributed by atoms with Gasteiger partial charge in [0.05, 0.1) is 18.5 Å². The summed E-state index contributed by atoms with van der Waals surface area (Å²) < 4.78 is 7.11. The van der Waals surface area contributed by atoms with Crippen molar-refractivity contribution < 1.29 is 19.1 Å². The molecule has 3 heterocycles. The number of hydrogen-bond donors (Lipinski definition) is 2. The third-order valence-corrected chi connectivity index (χ3v) is 8.21. The number of nitrogens with zero attached hydrogens (tertiary/aromatic N) is 2. The largest absolute Gasteiger partial charge is 0.497 e. The summed E-state index contributed by atoms with van der Waals surface area (Å²) in [6.45, 7) is 3.51. The number of carbonyl (C=O) groups excluding carboxylic acids is 3. The molecule has 2 amide bonds. The summed E-state index contributed by atoms with van der Waals surface area (Å²) in [6.07, 6.45) is 0.993. The van der Waals surface area contributed by atoms with Crippen LogP contribution in [-0.4, -0.2) is 42.4 Å². The van der Waals surface area contributed by atoms with Crippen LogP contribution in [0.5, 0.6) is 5.75 Å². The molecule has 0 saturated carbocycles. The van der Waals surface area contributed by atoms with E-state index in [1.165, 1.54) is 6.92 Å². The molecule has 2 unspecified atom stereocenters. The third kappa shape index (κ3) is 5.79. The molecule has 2 aliphatic heterocycles. The quantitative estimate of drug-likeness (QED) is 0.293. The molecule has 2 aliphatic rings. The summed E-state index contributed by atoms with van der Waals surface area (Å²) >= 11 is 0. The monoisotopic (exact) mass is 576 g/mol. The van der Waals surface area contributed by atoms with Crippen molar-refractivity contribution in [3.8, 4) is 5.75 Å². The van der Waals surface area contributed by atoms with E-state index < -0.39 is 0 Å². The van der Waals surface area contributed by atoms with Gasteiger partial charge in [0.1, 0.15) is 5.75 Å². The molecule has 0 spiro atoms. The van der Waals surface area contributed by atoms with Crippen LogP contribution in [0.4, 0.5) is 17.1 Å². The van der Waals surface area contributed by atoms with E-state index in [-0.39, 0.29) is 35.0 Å². The topological polar surface area (TPSA) is 110 Å². The Labute approximate surface area is 249 Å². The maximum absolute atomic E-state index is 13.4. The number of Topliss-reactive ketones (excluding diaryl/α,β-unsaturated/α-hetero) is 1. The normalized spacial score (nSPS) is 17.0. The van der Waals surface area contributed by atoms with Gasteiger partial charge >= 0.3 is 0 Å². The van der Waals surface area contributed by atoms with E-state index in [1.54, 1.807) is 73.8 Å². The number of amides is 2. The number of ether oxygens (including phenoxy) is 1. The molecule has 1 aromatic heterocycles. The molecule has 2 N–H and O–H groups in total. The van der Waals surface area contributed by atoms with Gasteiger partial charge in [-0.2, -0.15) is 0 Å². The van der Waals surface area contributed by atoms with Crippen molar-refractivity contribution in [3.63, 3.8) is 0 Å². The Kier molecular flexibility index (Phi) is 7.54. The van der Waals surface area contributed by atoms with Crippen LogP contribution >= 0.6 is 0 Å². The molecule has 2 atom stereocenters. The van der Waals surface area contributed by atoms with Crippen LogP contribution in [0, 0.1) is 5.92 Å².